The molecule has 0 saturated carbocycles. The summed E-state index contributed by atoms with van der Waals surface area (Å²) in [5.41, 5.74) is -0.780. The predicted octanol–water partition coefficient (Wildman–Crippen LogP) is 2.29. The Morgan fingerprint density at radius 1 is 1.33 bits per heavy atom. The first-order chi connectivity index (χ1) is 8.44. The molecular weight excluding hydrogens is 259 g/mol. The molecule has 8 heteroatoms. The number of hydrogen-bond donors (Lipinski definition) is 1. The molecule has 0 amide bonds. The molecule has 1 aliphatic heterocycles. The summed E-state index contributed by atoms with van der Waals surface area (Å²) in [6.07, 6.45) is 0. The van der Waals surface area contributed by atoms with E-state index < -0.39 is 18.2 Å². The van der Waals surface area contributed by atoms with Gasteiger partial charge in [0, 0.05) is 17.5 Å². The standard InChI is InChI=1S/C10H13N2O5P/c1-10(12(13)14)7-16-18(15,17-8-10)11-9-5-3-2-4-6-9/h2-6H,7-8H2,1H3,(H,11,15). The second kappa shape index (κ2) is 4.68. The maximum atomic E-state index is 12.1. The van der Waals surface area contributed by atoms with Crippen LogP contribution in [0.4, 0.5) is 5.69 Å². The van der Waals surface area contributed by atoms with Crippen LogP contribution in [0.5, 0.6) is 0 Å². The van der Waals surface area contributed by atoms with Crippen LogP contribution in [0.3, 0.4) is 0 Å². The molecule has 98 valence electrons. The van der Waals surface area contributed by atoms with Crippen molar-refractivity contribution in [2.45, 2.75) is 12.5 Å². The largest absolute Gasteiger partial charge is 0.433 e. The van der Waals surface area contributed by atoms with Gasteiger partial charge in [-0.3, -0.25) is 24.2 Å². The van der Waals surface area contributed by atoms with Crippen molar-refractivity contribution in [2.24, 2.45) is 0 Å². The third-order valence-corrected chi connectivity index (χ3v) is 4.04. The summed E-state index contributed by atoms with van der Waals surface area (Å²) in [4.78, 5) is 10.3. The van der Waals surface area contributed by atoms with Gasteiger partial charge in [0.25, 0.3) is 5.54 Å². The molecule has 0 aliphatic carbocycles. The lowest BCUT2D eigenvalue weighted by Gasteiger charge is -2.30. The second-order valence-electron chi connectivity index (χ2n) is 4.28. The molecule has 0 spiro atoms. The lowest BCUT2D eigenvalue weighted by Crippen LogP contribution is -2.47. The number of hydrogen-bond acceptors (Lipinski definition) is 5. The smallest absolute Gasteiger partial charge is 0.293 e. The number of benzene rings is 1. The Balaban J connectivity index is 2.04. The molecule has 1 heterocycles. The first kappa shape index (κ1) is 13.0. The zero-order valence-electron chi connectivity index (χ0n) is 9.74. The minimum absolute atomic E-state index is 0.253. The van der Waals surface area contributed by atoms with Gasteiger partial charge in [0.15, 0.2) is 0 Å². The summed E-state index contributed by atoms with van der Waals surface area (Å²) in [5, 5.41) is 13.4. The van der Waals surface area contributed by atoms with Crippen LogP contribution in [0.1, 0.15) is 6.92 Å². The normalized spacial score (nSPS) is 31.8. The van der Waals surface area contributed by atoms with E-state index in [0.717, 1.165) is 0 Å². The third kappa shape index (κ3) is 2.69. The van der Waals surface area contributed by atoms with Crippen molar-refractivity contribution in [3.05, 3.63) is 40.4 Å². The van der Waals surface area contributed by atoms with Crippen LogP contribution >= 0.6 is 7.75 Å². The van der Waals surface area contributed by atoms with Crippen LogP contribution in [-0.4, -0.2) is 23.7 Å². The molecule has 18 heavy (non-hydrogen) atoms. The highest BCUT2D eigenvalue weighted by Crippen LogP contribution is 2.51. The highest BCUT2D eigenvalue weighted by atomic mass is 31.2. The minimum atomic E-state index is -3.51. The highest BCUT2D eigenvalue weighted by Gasteiger charge is 2.48. The molecule has 7 nitrogen and oxygen atoms in total. The van der Waals surface area contributed by atoms with Crippen LogP contribution in [0.25, 0.3) is 0 Å². The Morgan fingerprint density at radius 2 is 1.89 bits per heavy atom. The van der Waals surface area contributed by atoms with Crippen molar-refractivity contribution in [3.63, 3.8) is 0 Å². The molecule has 0 radical (unpaired) electrons. The Kier molecular flexibility index (Phi) is 3.38. The average molecular weight is 272 g/mol. The molecule has 0 bridgehead atoms. The summed E-state index contributed by atoms with van der Waals surface area (Å²) < 4.78 is 22.2. The fourth-order valence-electron chi connectivity index (χ4n) is 1.37. The molecule has 1 aromatic rings. The Labute approximate surface area is 104 Å². The van der Waals surface area contributed by atoms with Crippen molar-refractivity contribution in [1.82, 2.24) is 0 Å². The van der Waals surface area contributed by atoms with E-state index in [4.69, 9.17) is 9.05 Å². The van der Waals surface area contributed by atoms with Gasteiger partial charge in [-0.1, -0.05) is 18.2 Å². The summed E-state index contributed by atoms with van der Waals surface area (Å²) in [7, 11) is -3.51. The molecule has 0 aromatic heterocycles. The molecule has 0 unspecified atom stereocenters. The maximum absolute atomic E-state index is 12.1. The van der Waals surface area contributed by atoms with Crippen molar-refractivity contribution >= 4 is 13.4 Å². The molecule has 1 aromatic carbocycles. The maximum Gasteiger partial charge on any atom is 0.433 e. The molecule has 1 saturated heterocycles. The molecule has 1 fully saturated rings. The van der Waals surface area contributed by atoms with Crippen LogP contribution in [0, 0.1) is 10.1 Å². The summed E-state index contributed by atoms with van der Waals surface area (Å²) in [6.45, 7) is 0.882. The van der Waals surface area contributed by atoms with Crippen LogP contribution in [0.2, 0.25) is 0 Å². The topological polar surface area (TPSA) is 90.7 Å². The van der Waals surface area contributed by atoms with Crippen molar-refractivity contribution in [2.75, 3.05) is 18.3 Å². The Morgan fingerprint density at radius 3 is 2.39 bits per heavy atom. The van der Waals surface area contributed by atoms with E-state index >= 15 is 0 Å². The van der Waals surface area contributed by atoms with Crippen molar-refractivity contribution in [3.8, 4) is 0 Å². The predicted molar refractivity (Wildman–Crippen MR) is 65.0 cm³/mol. The third-order valence-electron chi connectivity index (χ3n) is 2.57. The van der Waals surface area contributed by atoms with Gasteiger partial charge in [-0.2, -0.15) is 0 Å². The number of rotatable bonds is 3. The molecule has 0 atom stereocenters. The van der Waals surface area contributed by atoms with Gasteiger partial charge in [0.05, 0.1) is 0 Å². The Bertz CT molecular complexity index is 480. The van der Waals surface area contributed by atoms with Crippen molar-refractivity contribution < 1.29 is 18.5 Å². The zero-order chi connectivity index (χ0) is 13.2. The van der Waals surface area contributed by atoms with Gasteiger partial charge < -0.3 is 0 Å². The van der Waals surface area contributed by atoms with Gasteiger partial charge in [-0.15, -0.1) is 0 Å². The quantitative estimate of drug-likeness (QED) is 0.515. The average Bonchev–Trinajstić information content (AvgIpc) is 2.35. The minimum Gasteiger partial charge on any atom is -0.293 e. The number of nitro groups is 1. The lowest BCUT2D eigenvalue weighted by molar-refractivity contribution is -0.572. The van der Waals surface area contributed by atoms with E-state index in [1.54, 1.807) is 24.3 Å². The first-order valence-corrected chi connectivity index (χ1v) is 6.85. The van der Waals surface area contributed by atoms with Crippen LogP contribution in [-0.2, 0) is 13.6 Å². The summed E-state index contributed by atoms with van der Waals surface area (Å²) >= 11 is 0. The van der Waals surface area contributed by atoms with Crippen LogP contribution in [0.15, 0.2) is 30.3 Å². The van der Waals surface area contributed by atoms with Gasteiger partial charge in [0.1, 0.15) is 13.2 Å². The van der Waals surface area contributed by atoms with E-state index in [1.165, 1.54) is 6.92 Å². The zero-order valence-corrected chi connectivity index (χ0v) is 10.6. The number of para-hydroxylation sites is 1. The monoisotopic (exact) mass is 272 g/mol. The molecule has 1 N–H and O–H groups in total. The highest BCUT2D eigenvalue weighted by molar-refractivity contribution is 7.55. The fraction of sp³-hybridized carbons (Fsp3) is 0.400. The van der Waals surface area contributed by atoms with Crippen LogP contribution < -0.4 is 5.09 Å². The molecular formula is C10H13N2O5P. The second-order valence-corrected chi connectivity index (χ2v) is 6.01. The van der Waals surface area contributed by atoms with E-state index in [0.29, 0.717) is 5.69 Å². The van der Waals surface area contributed by atoms with E-state index in [-0.39, 0.29) is 13.2 Å². The lowest BCUT2D eigenvalue weighted by atomic mass is 10.1. The summed E-state index contributed by atoms with van der Waals surface area (Å²) in [5.74, 6) is 0. The van der Waals surface area contributed by atoms with Gasteiger partial charge in [-0.05, 0) is 12.1 Å². The van der Waals surface area contributed by atoms with E-state index in [9.17, 15) is 14.7 Å². The molecule has 2 rings (SSSR count). The Hall–Kier alpha value is -1.43. The fourth-order valence-corrected chi connectivity index (χ4v) is 2.93. The first-order valence-electron chi connectivity index (χ1n) is 5.31. The van der Waals surface area contributed by atoms with E-state index in [1.807, 2.05) is 6.07 Å². The van der Waals surface area contributed by atoms with Gasteiger partial charge >= 0.3 is 7.75 Å². The number of nitrogens with zero attached hydrogens (tertiary/aromatic N) is 1. The summed E-state index contributed by atoms with van der Waals surface area (Å²) in [6, 6.07) is 8.74. The molecule has 1 aliphatic rings. The number of anilines is 1. The van der Waals surface area contributed by atoms with E-state index in [2.05, 4.69) is 5.09 Å². The number of nitrogens with one attached hydrogen (secondary N) is 1. The van der Waals surface area contributed by atoms with Crippen molar-refractivity contribution in [1.29, 1.82) is 0 Å². The van der Waals surface area contributed by atoms with Gasteiger partial charge in [0.2, 0.25) is 0 Å². The van der Waals surface area contributed by atoms with Gasteiger partial charge in [-0.25, -0.2) is 4.57 Å². The SMILES string of the molecule is CC1([N+](=O)[O-])COP(=O)(Nc2ccccc2)OC1.